The number of hydrogen-bond donors (Lipinski definition) is 1. The van der Waals surface area contributed by atoms with Gasteiger partial charge in [0.1, 0.15) is 11.6 Å². The summed E-state index contributed by atoms with van der Waals surface area (Å²) in [6.07, 6.45) is 0. The van der Waals surface area contributed by atoms with Crippen LogP contribution in [0.1, 0.15) is 28.3 Å². The van der Waals surface area contributed by atoms with E-state index in [1.54, 1.807) is 12.1 Å². The lowest BCUT2D eigenvalue weighted by molar-refractivity contribution is 0.623. The van der Waals surface area contributed by atoms with Gasteiger partial charge in [0.05, 0.1) is 6.04 Å². The van der Waals surface area contributed by atoms with Gasteiger partial charge in [-0.2, -0.15) is 0 Å². The Kier molecular flexibility index (Phi) is 3.43. The van der Waals surface area contributed by atoms with Crippen molar-refractivity contribution in [2.75, 3.05) is 0 Å². The maximum atomic E-state index is 13.1. The number of rotatable bonds is 2. The highest BCUT2D eigenvalue weighted by Crippen LogP contribution is 2.26. The lowest BCUT2D eigenvalue weighted by atomic mass is 9.93. The molecule has 3 heteroatoms. The Balaban J connectivity index is 2.44. The van der Waals surface area contributed by atoms with Crippen LogP contribution in [0.15, 0.2) is 36.4 Å². The van der Waals surface area contributed by atoms with Crippen LogP contribution in [0.3, 0.4) is 0 Å². The van der Waals surface area contributed by atoms with Crippen molar-refractivity contribution in [1.29, 1.82) is 0 Å². The van der Waals surface area contributed by atoms with Crippen molar-refractivity contribution in [3.63, 3.8) is 0 Å². The summed E-state index contributed by atoms with van der Waals surface area (Å²) in [4.78, 5) is 0. The Bertz CT molecular complexity index is 527. The molecule has 0 spiro atoms. The first-order chi connectivity index (χ1) is 8.49. The molecule has 0 atom stereocenters. The fourth-order valence-corrected chi connectivity index (χ4v) is 2.14. The number of benzene rings is 2. The van der Waals surface area contributed by atoms with Gasteiger partial charge in [-0.05, 0) is 60.4 Å². The zero-order chi connectivity index (χ0) is 13.3. The van der Waals surface area contributed by atoms with Gasteiger partial charge in [-0.25, -0.2) is 8.78 Å². The van der Waals surface area contributed by atoms with Gasteiger partial charge in [-0.15, -0.1) is 0 Å². The molecular formula is C15H15F2N. The predicted molar refractivity (Wildman–Crippen MR) is 68.3 cm³/mol. The van der Waals surface area contributed by atoms with Crippen molar-refractivity contribution < 1.29 is 8.78 Å². The van der Waals surface area contributed by atoms with Gasteiger partial charge < -0.3 is 5.73 Å². The Morgan fingerprint density at radius 1 is 0.833 bits per heavy atom. The highest BCUT2D eigenvalue weighted by molar-refractivity contribution is 5.40. The summed E-state index contributed by atoms with van der Waals surface area (Å²) in [5, 5.41) is 0. The number of aryl methyl sites for hydroxylation is 2. The molecule has 0 radical (unpaired) electrons. The first kappa shape index (κ1) is 12.7. The molecule has 2 rings (SSSR count). The van der Waals surface area contributed by atoms with Crippen LogP contribution in [0, 0.1) is 25.5 Å². The predicted octanol–water partition coefficient (Wildman–Crippen LogP) is 3.63. The number of hydrogen-bond acceptors (Lipinski definition) is 1. The molecule has 0 aliphatic heterocycles. The summed E-state index contributed by atoms with van der Waals surface area (Å²) >= 11 is 0. The van der Waals surface area contributed by atoms with Crippen molar-refractivity contribution >= 4 is 0 Å². The maximum Gasteiger partial charge on any atom is 0.123 e. The first-order valence-electron chi connectivity index (χ1n) is 5.76. The molecule has 0 heterocycles. The largest absolute Gasteiger partial charge is 0.320 e. The van der Waals surface area contributed by atoms with E-state index in [0.717, 1.165) is 22.3 Å². The molecule has 0 bridgehead atoms. The van der Waals surface area contributed by atoms with Gasteiger partial charge in [0.2, 0.25) is 0 Å². The highest BCUT2D eigenvalue weighted by atomic mass is 19.1. The second-order valence-electron chi connectivity index (χ2n) is 4.48. The Hall–Kier alpha value is -1.74. The molecule has 0 saturated carbocycles. The summed E-state index contributed by atoms with van der Waals surface area (Å²) in [7, 11) is 0. The summed E-state index contributed by atoms with van der Waals surface area (Å²) in [5.74, 6) is -0.557. The van der Waals surface area contributed by atoms with Gasteiger partial charge in [0.15, 0.2) is 0 Å². The Morgan fingerprint density at radius 2 is 1.22 bits per heavy atom. The summed E-state index contributed by atoms with van der Waals surface area (Å²) in [6.45, 7) is 3.63. The molecule has 0 unspecified atom stereocenters. The van der Waals surface area contributed by atoms with Gasteiger partial charge in [0.25, 0.3) is 0 Å². The third-order valence-electron chi connectivity index (χ3n) is 3.13. The highest BCUT2D eigenvalue weighted by Gasteiger charge is 2.14. The van der Waals surface area contributed by atoms with E-state index in [0.29, 0.717) is 0 Å². The van der Waals surface area contributed by atoms with E-state index >= 15 is 0 Å². The topological polar surface area (TPSA) is 26.0 Å². The van der Waals surface area contributed by atoms with Crippen molar-refractivity contribution in [3.05, 3.63) is 70.3 Å². The minimum atomic E-state index is -0.369. The molecule has 18 heavy (non-hydrogen) atoms. The van der Waals surface area contributed by atoms with E-state index in [1.807, 2.05) is 13.8 Å². The summed E-state index contributed by atoms with van der Waals surface area (Å²) < 4.78 is 26.1. The SMILES string of the molecule is Cc1cc(F)ccc1C(N)c1ccc(F)cc1C. The minimum absolute atomic E-state index is 0.278. The maximum absolute atomic E-state index is 13.1. The van der Waals surface area contributed by atoms with Crippen molar-refractivity contribution in [3.8, 4) is 0 Å². The number of halogens is 2. The van der Waals surface area contributed by atoms with Crippen molar-refractivity contribution in [2.24, 2.45) is 5.73 Å². The summed E-state index contributed by atoms with van der Waals surface area (Å²) in [6, 6.07) is 8.67. The van der Waals surface area contributed by atoms with Crippen LogP contribution in [0.2, 0.25) is 0 Å². The molecule has 0 amide bonds. The van der Waals surface area contributed by atoms with Crippen LogP contribution in [0.5, 0.6) is 0 Å². The molecule has 0 saturated heterocycles. The molecule has 2 aromatic rings. The van der Waals surface area contributed by atoms with Gasteiger partial charge in [-0.3, -0.25) is 0 Å². The molecule has 0 fully saturated rings. The van der Waals surface area contributed by atoms with E-state index in [1.165, 1.54) is 24.3 Å². The molecule has 0 aromatic heterocycles. The number of nitrogens with two attached hydrogens (primary N) is 1. The Labute approximate surface area is 105 Å². The zero-order valence-electron chi connectivity index (χ0n) is 10.4. The normalized spacial score (nSPS) is 11.0. The standard InChI is InChI=1S/C15H15F2N/c1-9-7-11(16)3-5-13(9)15(18)14-6-4-12(17)8-10(14)2/h3-8,15H,18H2,1-2H3. The lowest BCUT2D eigenvalue weighted by Crippen LogP contribution is -2.14. The van der Waals surface area contributed by atoms with Gasteiger partial charge in [0, 0.05) is 0 Å². The van der Waals surface area contributed by atoms with E-state index < -0.39 is 0 Å². The van der Waals surface area contributed by atoms with Gasteiger partial charge >= 0.3 is 0 Å². The fraction of sp³-hybridized carbons (Fsp3) is 0.200. The first-order valence-corrected chi connectivity index (χ1v) is 5.76. The molecule has 1 nitrogen and oxygen atoms in total. The average molecular weight is 247 g/mol. The quantitative estimate of drug-likeness (QED) is 0.861. The monoisotopic (exact) mass is 247 g/mol. The van der Waals surface area contributed by atoms with E-state index in [9.17, 15) is 8.78 Å². The lowest BCUT2D eigenvalue weighted by Gasteiger charge is -2.17. The summed E-state index contributed by atoms with van der Waals surface area (Å²) in [5.41, 5.74) is 9.47. The fourth-order valence-electron chi connectivity index (χ4n) is 2.14. The Morgan fingerprint density at radius 3 is 1.56 bits per heavy atom. The van der Waals surface area contributed by atoms with Crippen LogP contribution in [-0.2, 0) is 0 Å². The third-order valence-corrected chi connectivity index (χ3v) is 3.13. The average Bonchev–Trinajstić information content (AvgIpc) is 2.28. The third kappa shape index (κ3) is 2.41. The molecule has 94 valence electrons. The van der Waals surface area contributed by atoms with E-state index in [-0.39, 0.29) is 17.7 Å². The zero-order valence-corrected chi connectivity index (χ0v) is 10.4. The van der Waals surface area contributed by atoms with Gasteiger partial charge in [-0.1, -0.05) is 12.1 Å². The smallest absolute Gasteiger partial charge is 0.123 e. The molecular weight excluding hydrogens is 232 g/mol. The molecule has 0 aliphatic carbocycles. The second-order valence-corrected chi connectivity index (χ2v) is 4.48. The minimum Gasteiger partial charge on any atom is -0.320 e. The molecule has 2 aromatic carbocycles. The van der Waals surface area contributed by atoms with Crippen LogP contribution in [-0.4, -0.2) is 0 Å². The molecule has 0 aliphatic rings. The second kappa shape index (κ2) is 4.86. The van der Waals surface area contributed by atoms with Crippen LogP contribution < -0.4 is 5.73 Å². The van der Waals surface area contributed by atoms with E-state index in [4.69, 9.17) is 5.73 Å². The van der Waals surface area contributed by atoms with Crippen molar-refractivity contribution in [2.45, 2.75) is 19.9 Å². The van der Waals surface area contributed by atoms with Crippen molar-refractivity contribution in [1.82, 2.24) is 0 Å². The van der Waals surface area contributed by atoms with Crippen LogP contribution >= 0.6 is 0 Å². The molecule has 2 N–H and O–H groups in total. The van der Waals surface area contributed by atoms with E-state index in [2.05, 4.69) is 0 Å². The van der Waals surface area contributed by atoms with Crippen LogP contribution in [0.4, 0.5) is 8.78 Å². The van der Waals surface area contributed by atoms with Crippen LogP contribution in [0.25, 0.3) is 0 Å².